The van der Waals surface area contributed by atoms with Gasteiger partial charge in [0.1, 0.15) is 6.61 Å². The maximum Gasteiger partial charge on any atom is 0.322 e. The average Bonchev–Trinajstić information content (AvgIpc) is 2.58. The fourth-order valence-electron chi connectivity index (χ4n) is 2.08. The molecule has 0 heterocycles. The summed E-state index contributed by atoms with van der Waals surface area (Å²) in [6.45, 7) is 0.207. The summed E-state index contributed by atoms with van der Waals surface area (Å²) in [7, 11) is 1.28. The van der Waals surface area contributed by atoms with Gasteiger partial charge in [-0.3, -0.25) is 20.2 Å². The summed E-state index contributed by atoms with van der Waals surface area (Å²) in [6.07, 6.45) is 1.67. The molecule has 0 aromatic heterocycles. The Morgan fingerprint density at radius 1 is 1.08 bits per heavy atom. The first kappa shape index (κ1) is 16.9. The van der Waals surface area contributed by atoms with E-state index in [1.165, 1.54) is 19.2 Å². The molecule has 0 saturated carbocycles. The maximum atomic E-state index is 11.3. The van der Waals surface area contributed by atoms with Crippen molar-refractivity contribution in [2.75, 3.05) is 7.11 Å². The molecule has 8 nitrogen and oxygen atoms in total. The Labute approximate surface area is 137 Å². The van der Waals surface area contributed by atoms with Crippen molar-refractivity contribution in [3.63, 3.8) is 0 Å². The summed E-state index contributed by atoms with van der Waals surface area (Å²) in [6, 6.07) is 12.1. The fourth-order valence-corrected chi connectivity index (χ4v) is 2.08. The van der Waals surface area contributed by atoms with Crippen LogP contribution < -0.4 is 9.47 Å². The molecule has 0 saturated heterocycles. The van der Waals surface area contributed by atoms with Crippen molar-refractivity contribution in [2.45, 2.75) is 6.61 Å². The van der Waals surface area contributed by atoms with Gasteiger partial charge in [-0.15, -0.1) is 0 Å². The number of nitro groups is 2. The smallest absolute Gasteiger partial charge is 0.322 e. The van der Waals surface area contributed by atoms with E-state index in [0.29, 0.717) is 6.20 Å². The lowest BCUT2D eigenvalue weighted by Crippen LogP contribution is -2.02. The molecule has 2 aromatic carbocycles. The summed E-state index contributed by atoms with van der Waals surface area (Å²) < 4.78 is 10.7. The minimum atomic E-state index is -0.698. The molecular formula is C16H14N2O6. The standard InChI is InChI=1S/C16H14N2O6/c1-23-16-14(24-11-12-5-3-2-4-6-12)8-7-13(9-10-17(19)20)15(16)18(21)22/h2-10H,11H2,1H3/b10-9+. The number of hydrogen-bond acceptors (Lipinski definition) is 6. The SMILES string of the molecule is COc1c(OCc2ccccc2)ccc(/C=C/[N+](=O)[O-])c1[N+](=O)[O-]. The highest BCUT2D eigenvalue weighted by atomic mass is 16.6. The molecule has 0 aliphatic heterocycles. The first-order chi connectivity index (χ1) is 11.5. The first-order valence-electron chi connectivity index (χ1n) is 6.86. The molecule has 0 N–H and O–H groups in total. The van der Waals surface area contributed by atoms with E-state index in [0.717, 1.165) is 11.6 Å². The van der Waals surface area contributed by atoms with Crippen LogP contribution in [0.15, 0.2) is 48.7 Å². The molecule has 0 spiro atoms. The van der Waals surface area contributed by atoms with Crippen LogP contribution in [0.1, 0.15) is 11.1 Å². The van der Waals surface area contributed by atoms with E-state index >= 15 is 0 Å². The summed E-state index contributed by atoms with van der Waals surface area (Å²) >= 11 is 0. The van der Waals surface area contributed by atoms with Crippen LogP contribution in [-0.4, -0.2) is 17.0 Å². The zero-order valence-corrected chi connectivity index (χ0v) is 12.7. The van der Waals surface area contributed by atoms with Gasteiger partial charge in [-0.05, 0) is 17.7 Å². The van der Waals surface area contributed by atoms with Gasteiger partial charge in [0.05, 0.1) is 22.5 Å². The van der Waals surface area contributed by atoms with Gasteiger partial charge < -0.3 is 9.47 Å². The Balaban J connectivity index is 2.37. The molecule has 0 unspecified atom stereocenters. The molecule has 0 amide bonds. The highest BCUT2D eigenvalue weighted by Crippen LogP contribution is 2.40. The molecule has 0 radical (unpaired) electrons. The van der Waals surface area contributed by atoms with Gasteiger partial charge in [-0.2, -0.15) is 0 Å². The van der Waals surface area contributed by atoms with Gasteiger partial charge in [-0.25, -0.2) is 0 Å². The zero-order chi connectivity index (χ0) is 17.5. The average molecular weight is 330 g/mol. The Bertz CT molecular complexity index is 774. The Morgan fingerprint density at radius 3 is 2.38 bits per heavy atom. The van der Waals surface area contributed by atoms with Gasteiger partial charge >= 0.3 is 5.69 Å². The van der Waals surface area contributed by atoms with Crippen molar-refractivity contribution in [1.82, 2.24) is 0 Å². The molecule has 0 bridgehead atoms. The second kappa shape index (κ2) is 7.73. The van der Waals surface area contributed by atoms with E-state index in [2.05, 4.69) is 0 Å². The van der Waals surface area contributed by atoms with Crippen LogP contribution in [-0.2, 0) is 6.61 Å². The van der Waals surface area contributed by atoms with Crippen molar-refractivity contribution >= 4 is 11.8 Å². The highest BCUT2D eigenvalue weighted by molar-refractivity contribution is 5.70. The zero-order valence-electron chi connectivity index (χ0n) is 12.7. The van der Waals surface area contributed by atoms with Crippen LogP contribution in [0.3, 0.4) is 0 Å². The van der Waals surface area contributed by atoms with Gasteiger partial charge in [0.2, 0.25) is 11.9 Å². The number of hydrogen-bond donors (Lipinski definition) is 0. The lowest BCUT2D eigenvalue weighted by atomic mass is 10.1. The van der Waals surface area contributed by atoms with Crippen molar-refractivity contribution in [2.24, 2.45) is 0 Å². The number of rotatable bonds is 7. The summed E-state index contributed by atoms with van der Waals surface area (Å²) in [5.74, 6) is 0.104. The van der Waals surface area contributed by atoms with Crippen LogP contribution in [0, 0.1) is 20.2 Å². The molecule has 24 heavy (non-hydrogen) atoms. The van der Waals surface area contributed by atoms with Crippen molar-refractivity contribution in [3.8, 4) is 11.5 Å². The van der Waals surface area contributed by atoms with E-state index in [9.17, 15) is 20.2 Å². The predicted octanol–water partition coefficient (Wildman–Crippen LogP) is 3.43. The van der Waals surface area contributed by atoms with E-state index < -0.39 is 9.85 Å². The third kappa shape index (κ3) is 4.07. The third-order valence-electron chi connectivity index (χ3n) is 3.13. The van der Waals surface area contributed by atoms with Crippen LogP contribution in [0.5, 0.6) is 11.5 Å². The molecule has 0 atom stereocenters. The maximum absolute atomic E-state index is 11.3. The number of nitrogens with zero attached hydrogens (tertiary/aromatic N) is 2. The largest absolute Gasteiger partial charge is 0.488 e. The Morgan fingerprint density at radius 2 is 1.79 bits per heavy atom. The van der Waals surface area contributed by atoms with Crippen LogP contribution >= 0.6 is 0 Å². The molecule has 2 aromatic rings. The fraction of sp³-hybridized carbons (Fsp3) is 0.125. The van der Waals surface area contributed by atoms with Crippen molar-refractivity contribution < 1.29 is 19.3 Å². The lowest BCUT2D eigenvalue weighted by Gasteiger charge is -2.12. The molecule has 8 heteroatoms. The summed E-state index contributed by atoms with van der Waals surface area (Å²) in [4.78, 5) is 20.4. The second-order valence-electron chi connectivity index (χ2n) is 4.67. The normalized spacial score (nSPS) is 10.5. The van der Waals surface area contributed by atoms with E-state index in [1.807, 2.05) is 30.3 Å². The molecule has 0 aliphatic carbocycles. The quantitative estimate of drug-likeness (QED) is 0.569. The van der Waals surface area contributed by atoms with Gasteiger partial charge in [0.25, 0.3) is 0 Å². The van der Waals surface area contributed by atoms with E-state index in [4.69, 9.17) is 9.47 Å². The monoisotopic (exact) mass is 330 g/mol. The lowest BCUT2D eigenvalue weighted by molar-refractivity contribution is -0.401. The minimum Gasteiger partial charge on any atom is -0.488 e. The first-order valence-corrected chi connectivity index (χ1v) is 6.86. The van der Waals surface area contributed by atoms with Crippen molar-refractivity contribution in [1.29, 1.82) is 0 Å². The molecule has 0 aliphatic rings. The third-order valence-corrected chi connectivity index (χ3v) is 3.13. The molecule has 2 rings (SSSR count). The molecule has 124 valence electrons. The van der Waals surface area contributed by atoms with Crippen LogP contribution in [0.4, 0.5) is 5.69 Å². The predicted molar refractivity (Wildman–Crippen MR) is 86.5 cm³/mol. The minimum absolute atomic E-state index is 0.0561. The van der Waals surface area contributed by atoms with Gasteiger partial charge in [-0.1, -0.05) is 30.3 Å². The molecule has 0 fully saturated rings. The number of benzene rings is 2. The van der Waals surface area contributed by atoms with Gasteiger partial charge in [0, 0.05) is 6.08 Å². The number of nitro benzene ring substituents is 1. The van der Waals surface area contributed by atoms with Crippen LogP contribution in [0.25, 0.3) is 6.08 Å². The second-order valence-corrected chi connectivity index (χ2v) is 4.67. The van der Waals surface area contributed by atoms with Crippen LogP contribution in [0.2, 0.25) is 0 Å². The highest BCUT2D eigenvalue weighted by Gasteiger charge is 2.24. The number of methoxy groups -OCH3 is 1. The van der Waals surface area contributed by atoms with Gasteiger partial charge in [0.15, 0.2) is 5.75 Å². The Hall–Kier alpha value is -3.42. The summed E-state index contributed by atoms with van der Waals surface area (Å²) in [5, 5.41) is 21.8. The van der Waals surface area contributed by atoms with Crippen molar-refractivity contribution in [3.05, 3.63) is 80.0 Å². The Kier molecular flexibility index (Phi) is 5.45. The molecular weight excluding hydrogens is 316 g/mol. The summed E-state index contributed by atoms with van der Waals surface area (Å²) in [5.41, 5.74) is 0.557. The van der Waals surface area contributed by atoms with E-state index in [-0.39, 0.29) is 29.4 Å². The number of ether oxygens (including phenoxy) is 2. The topological polar surface area (TPSA) is 105 Å². The van der Waals surface area contributed by atoms with E-state index in [1.54, 1.807) is 0 Å².